The fourth-order valence-corrected chi connectivity index (χ4v) is 2.19. The zero-order valence-corrected chi connectivity index (χ0v) is 8.79. The normalized spacial score (nSPS) is 10.3. The van der Waals surface area contributed by atoms with Crippen LogP contribution in [0.3, 0.4) is 0 Å². The number of thiophene rings is 1. The number of hydrogen-bond acceptors (Lipinski definition) is 3. The molecule has 0 radical (unpaired) electrons. The molecule has 5 heteroatoms. The monoisotopic (exact) mass is 238 g/mol. The number of carboxylic acid groups (broad SMARTS) is 1. The van der Waals surface area contributed by atoms with Crippen LogP contribution in [-0.2, 0) is 0 Å². The maximum absolute atomic E-state index is 12.7. The number of aromatic hydroxyl groups is 1. The molecule has 2 aromatic rings. The van der Waals surface area contributed by atoms with Crippen molar-refractivity contribution in [3.63, 3.8) is 0 Å². The lowest BCUT2D eigenvalue weighted by Gasteiger charge is -1.95. The van der Waals surface area contributed by atoms with Crippen LogP contribution in [-0.4, -0.2) is 16.2 Å². The lowest BCUT2D eigenvalue weighted by atomic mass is 10.2. The van der Waals surface area contributed by atoms with Crippen molar-refractivity contribution in [2.75, 3.05) is 0 Å². The van der Waals surface area contributed by atoms with Crippen molar-refractivity contribution >= 4 is 17.3 Å². The van der Waals surface area contributed by atoms with E-state index in [1.54, 1.807) is 0 Å². The molecule has 1 aromatic carbocycles. The Morgan fingerprint density at radius 2 is 1.88 bits per heavy atom. The molecule has 0 amide bonds. The van der Waals surface area contributed by atoms with Gasteiger partial charge in [-0.15, -0.1) is 11.3 Å². The Bertz CT molecular complexity index is 531. The van der Waals surface area contributed by atoms with Crippen LogP contribution in [0, 0.1) is 5.82 Å². The summed E-state index contributed by atoms with van der Waals surface area (Å²) in [5, 5.41) is 18.1. The lowest BCUT2D eigenvalue weighted by molar-refractivity contribution is 0.0699. The summed E-state index contributed by atoms with van der Waals surface area (Å²) in [5.74, 6) is -1.80. The van der Waals surface area contributed by atoms with Crippen molar-refractivity contribution in [2.24, 2.45) is 0 Å². The molecule has 1 heterocycles. The highest BCUT2D eigenvalue weighted by atomic mass is 32.1. The highest BCUT2D eigenvalue weighted by Crippen LogP contribution is 2.35. The molecule has 0 atom stereocenters. The summed E-state index contributed by atoms with van der Waals surface area (Å²) in [6, 6.07) is 7.00. The van der Waals surface area contributed by atoms with Gasteiger partial charge in [-0.3, -0.25) is 0 Å². The number of benzene rings is 1. The minimum atomic E-state index is -1.17. The minimum Gasteiger partial charge on any atom is -0.506 e. The van der Waals surface area contributed by atoms with E-state index in [4.69, 9.17) is 5.11 Å². The molecule has 0 fully saturated rings. The van der Waals surface area contributed by atoms with Gasteiger partial charge in [0.25, 0.3) is 0 Å². The topological polar surface area (TPSA) is 57.5 Å². The average Bonchev–Trinajstić information content (AvgIpc) is 2.61. The second kappa shape index (κ2) is 3.94. The SMILES string of the molecule is O=C(O)c1sc(-c2ccc(F)cc2)cc1O. The fourth-order valence-electron chi connectivity index (χ4n) is 1.29. The first-order valence-electron chi connectivity index (χ1n) is 4.40. The van der Waals surface area contributed by atoms with Crippen LogP contribution < -0.4 is 0 Å². The Morgan fingerprint density at radius 3 is 2.38 bits per heavy atom. The summed E-state index contributed by atoms with van der Waals surface area (Å²) >= 11 is 0.955. The van der Waals surface area contributed by atoms with Gasteiger partial charge in [0.2, 0.25) is 0 Å². The highest BCUT2D eigenvalue weighted by molar-refractivity contribution is 7.17. The highest BCUT2D eigenvalue weighted by Gasteiger charge is 2.15. The van der Waals surface area contributed by atoms with Gasteiger partial charge in [-0.05, 0) is 23.8 Å². The van der Waals surface area contributed by atoms with E-state index in [0.29, 0.717) is 10.4 Å². The maximum Gasteiger partial charge on any atom is 0.349 e. The van der Waals surface area contributed by atoms with Crippen LogP contribution in [0.4, 0.5) is 4.39 Å². The van der Waals surface area contributed by atoms with Gasteiger partial charge in [-0.2, -0.15) is 0 Å². The van der Waals surface area contributed by atoms with E-state index >= 15 is 0 Å². The zero-order valence-electron chi connectivity index (χ0n) is 7.98. The zero-order chi connectivity index (χ0) is 11.7. The van der Waals surface area contributed by atoms with E-state index in [2.05, 4.69) is 0 Å². The fraction of sp³-hybridized carbons (Fsp3) is 0. The Morgan fingerprint density at radius 1 is 1.25 bits per heavy atom. The Labute approximate surface area is 94.4 Å². The predicted molar refractivity (Wildman–Crippen MR) is 58.3 cm³/mol. The molecule has 2 rings (SSSR count). The van der Waals surface area contributed by atoms with E-state index in [1.807, 2.05) is 0 Å². The van der Waals surface area contributed by atoms with Crippen LogP contribution in [0.1, 0.15) is 9.67 Å². The summed E-state index contributed by atoms with van der Waals surface area (Å²) in [6.07, 6.45) is 0. The number of halogens is 1. The number of rotatable bonds is 2. The Hall–Kier alpha value is -1.88. The second-order valence-corrected chi connectivity index (χ2v) is 4.19. The number of carboxylic acids is 1. The molecule has 0 aliphatic heterocycles. The predicted octanol–water partition coefficient (Wildman–Crippen LogP) is 2.96. The van der Waals surface area contributed by atoms with Gasteiger partial charge in [0, 0.05) is 4.88 Å². The molecule has 0 unspecified atom stereocenters. The molecule has 0 saturated carbocycles. The van der Waals surface area contributed by atoms with E-state index in [9.17, 15) is 14.3 Å². The Kier molecular flexibility index (Phi) is 2.62. The van der Waals surface area contributed by atoms with Gasteiger partial charge in [-0.1, -0.05) is 12.1 Å². The van der Waals surface area contributed by atoms with E-state index < -0.39 is 5.97 Å². The molecule has 0 saturated heterocycles. The molecule has 82 valence electrons. The molecule has 0 aliphatic rings. The van der Waals surface area contributed by atoms with Gasteiger partial charge in [0.15, 0.2) is 4.88 Å². The van der Waals surface area contributed by atoms with Crippen molar-refractivity contribution in [3.05, 3.63) is 41.0 Å². The molecule has 3 nitrogen and oxygen atoms in total. The van der Waals surface area contributed by atoms with Crippen molar-refractivity contribution in [3.8, 4) is 16.2 Å². The van der Waals surface area contributed by atoms with Gasteiger partial charge in [0.1, 0.15) is 11.6 Å². The number of hydrogen-bond donors (Lipinski definition) is 2. The van der Waals surface area contributed by atoms with Gasteiger partial charge >= 0.3 is 5.97 Å². The van der Waals surface area contributed by atoms with Crippen LogP contribution in [0.25, 0.3) is 10.4 Å². The molecule has 16 heavy (non-hydrogen) atoms. The molecular weight excluding hydrogens is 231 g/mol. The van der Waals surface area contributed by atoms with Crippen molar-refractivity contribution in [1.29, 1.82) is 0 Å². The molecule has 0 aliphatic carbocycles. The largest absolute Gasteiger partial charge is 0.506 e. The maximum atomic E-state index is 12.7. The lowest BCUT2D eigenvalue weighted by Crippen LogP contribution is -1.90. The molecule has 1 aromatic heterocycles. The van der Waals surface area contributed by atoms with Crippen molar-refractivity contribution in [1.82, 2.24) is 0 Å². The molecular formula is C11H7FO3S. The first-order chi connectivity index (χ1) is 7.58. The number of aromatic carboxylic acids is 1. The minimum absolute atomic E-state index is 0.112. The van der Waals surface area contributed by atoms with Gasteiger partial charge in [-0.25, -0.2) is 9.18 Å². The third kappa shape index (κ3) is 1.90. The van der Waals surface area contributed by atoms with Crippen LogP contribution in [0.2, 0.25) is 0 Å². The summed E-state index contributed by atoms with van der Waals surface area (Å²) in [5.41, 5.74) is 0.675. The van der Waals surface area contributed by atoms with E-state index in [-0.39, 0.29) is 16.4 Å². The summed E-state index contributed by atoms with van der Waals surface area (Å²) in [7, 11) is 0. The van der Waals surface area contributed by atoms with Gasteiger partial charge in [0.05, 0.1) is 0 Å². The van der Waals surface area contributed by atoms with E-state index in [1.165, 1.54) is 30.3 Å². The summed E-state index contributed by atoms with van der Waals surface area (Å²) < 4.78 is 12.7. The first-order valence-corrected chi connectivity index (χ1v) is 5.21. The summed E-state index contributed by atoms with van der Waals surface area (Å²) in [4.78, 5) is 11.2. The Balaban J connectivity index is 2.45. The molecule has 2 N–H and O–H groups in total. The number of carbonyl (C=O) groups is 1. The molecule has 0 spiro atoms. The molecule has 0 bridgehead atoms. The van der Waals surface area contributed by atoms with Gasteiger partial charge < -0.3 is 10.2 Å². The van der Waals surface area contributed by atoms with Crippen molar-refractivity contribution < 1.29 is 19.4 Å². The van der Waals surface area contributed by atoms with Crippen LogP contribution in [0.15, 0.2) is 30.3 Å². The average molecular weight is 238 g/mol. The van der Waals surface area contributed by atoms with Crippen LogP contribution in [0.5, 0.6) is 5.75 Å². The smallest absolute Gasteiger partial charge is 0.349 e. The second-order valence-electron chi connectivity index (χ2n) is 3.14. The quantitative estimate of drug-likeness (QED) is 0.845. The van der Waals surface area contributed by atoms with Crippen molar-refractivity contribution in [2.45, 2.75) is 0 Å². The third-order valence-electron chi connectivity index (χ3n) is 2.04. The third-order valence-corrected chi connectivity index (χ3v) is 3.20. The van der Waals surface area contributed by atoms with Crippen LogP contribution >= 0.6 is 11.3 Å². The standard InChI is InChI=1S/C11H7FO3S/c12-7-3-1-6(2-4-7)9-5-8(13)10(16-9)11(14)15/h1-5,13H,(H,14,15). The van der Waals surface area contributed by atoms with E-state index in [0.717, 1.165) is 11.3 Å². The summed E-state index contributed by atoms with van der Waals surface area (Å²) in [6.45, 7) is 0. The first kappa shape index (κ1) is 10.6.